The van der Waals surface area contributed by atoms with Gasteiger partial charge in [-0.25, -0.2) is 0 Å². The molecule has 0 spiro atoms. The van der Waals surface area contributed by atoms with E-state index >= 15 is 0 Å². The molecule has 3 rings (SSSR count). The van der Waals surface area contributed by atoms with Crippen molar-refractivity contribution in [3.63, 3.8) is 0 Å². The highest BCUT2D eigenvalue weighted by Gasteiger charge is 2.28. The second-order valence-corrected chi connectivity index (χ2v) is 6.77. The van der Waals surface area contributed by atoms with Gasteiger partial charge in [0.2, 0.25) is 0 Å². The lowest BCUT2D eigenvalue weighted by atomic mass is 10.1. The van der Waals surface area contributed by atoms with Crippen molar-refractivity contribution in [2.75, 3.05) is 31.1 Å². The maximum atomic E-state index is 9.24. The number of halogens is 1. The van der Waals surface area contributed by atoms with Crippen LogP contribution in [-0.2, 0) is 6.61 Å². The number of anilines is 1. The summed E-state index contributed by atoms with van der Waals surface area (Å²) in [5.41, 5.74) is 2.23. The van der Waals surface area contributed by atoms with Gasteiger partial charge in [0.1, 0.15) is 0 Å². The molecule has 0 aromatic heterocycles. The Labute approximate surface area is 129 Å². The van der Waals surface area contributed by atoms with E-state index in [-0.39, 0.29) is 6.61 Å². The van der Waals surface area contributed by atoms with E-state index in [1.807, 2.05) is 6.07 Å². The molecule has 1 unspecified atom stereocenters. The van der Waals surface area contributed by atoms with E-state index in [0.29, 0.717) is 0 Å². The standard InChI is InChI=1S/C16H23BrN2O/c17-16-10-14(5-4-13(16)12-20)19-9-6-15(11-19)18-7-2-1-3-8-18/h4-5,10,15,20H,1-3,6-9,11-12H2. The molecule has 20 heavy (non-hydrogen) atoms. The molecule has 2 fully saturated rings. The fourth-order valence-electron chi connectivity index (χ4n) is 3.42. The number of likely N-dealkylation sites (tertiary alicyclic amines) is 1. The van der Waals surface area contributed by atoms with E-state index in [0.717, 1.165) is 29.2 Å². The topological polar surface area (TPSA) is 26.7 Å². The van der Waals surface area contributed by atoms with Crippen LogP contribution in [0.2, 0.25) is 0 Å². The average molecular weight is 339 g/mol. The summed E-state index contributed by atoms with van der Waals surface area (Å²) >= 11 is 3.55. The maximum Gasteiger partial charge on any atom is 0.0692 e. The highest BCUT2D eigenvalue weighted by molar-refractivity contribution is 9.10. The zero-order chi connectivity index (χ0) is 13.9. The smallest absolute Gasteiger partial charge is 0.0692 e. The van der Waals surface area contributed by atoms with Crippen LogP contribution < -0.4 is 4.90 Å². The van der Waals surface area contributed by atoms with E-state index in [1.54, 1.807) is 0 Å². The SMILES string of the molecule is OCc1ccc(N2CCC(N3CCCCC3)C2)cc1Br. The number of aliphatic hydroxyl groups excluding tert-OH is 1. The first-order chi connectivity index (χ1) is 9.78. The molecule has 2 saturated heterocycles. The number of piperidine rings is 1. The van der Waals surface area contributed by atoms with Gasteiger partial charge < -0.3 is 10.0 Å². The van der Waals surface area contributed by atoms with Crippen LogP contribution in [0, 0.1) is 0 Å². The van der Waals surface area contributed by atoms with Crippen LogP contribution in [0.15, 0.2) is 22.7 Å². The Balaban J connectivity index is 1.65. The molecule has 0 bridgehead atoms. The molecule has 3 nitrogen and oxygen atoms in total. The van der Waals surface area contributed by atoms with Gasteiger partial charge >= 0.3 is 0 Å². The first kappa shape index (κ1) is 14.4. The number of hydrogen-bond acceptors (Lipinski definition) is 3. The van der Waals surface area contributed by atoms with E-state index in [4.69, 9.17) is 0 Å². The van der Waals surface area contributed by atoms with Gasteiger partial charge in [-0.15, -0.1) is 0 Å². The summed E-state index contributed by atoms with van der Waals surface area (Å²) in [5.74, 6) is 0. The lowest BCUT2D eigenvalue weighted by Gasteiger charge is -2.32. The molecule has 0 amide bonds. The Morgan fingerprint density at radius 1 is 1.15 bits per heavy atom. The third-order valence-electron chi connectivity index (χ3n) is 4.64. The van der Waals surface area contributed by atoms with Crippen molar-refractivity contribution in [1.82, 2.24) is 4.90 Å². The molecule has 4 heteroatoms. The summed E-state index contributed by atoms with van der Waals surface area (Å²) in [5, 5.41) is 9.24. The van der Waals surface area contributed by atoms with Crippen molar-refractivity contribution in [1.29, 1.82) is 0 Å². The summed E-state index contributed by atoms with van der Waals surface area (Å²) in [6.45, 7) is 4.95. The van der Waals surface area contributed by atoms with Crippen molar-refractivity contribution in [3.05, 3.63) is 28.2 Å². The summed E-state index contributed by atoms with van der Waals surface area (Å²) in [6, 6.07) is 7.03. The molecule has 1 N–H and O–H groups in total. The van der Waals surface area contributed by atoms with E-state index in [9.17, 15) is 5.11 Å². The first-order valence-corrected chi connectivity index (χ1v) is 8.45. The molecule has 2 aliphatic rings. The summed E-state index contributed by atoms with van der Waals surface area (Å²) < 4.78 is 1.01. The van der Waals surface area contributed by atoms with Crippen LogP contribution in [0.4, 0.5) is 5.69 Å². The van der Waals surface area contributed by atoms with Gasteiger partial charge in [0.25, 0.3) is 0 Å². The maximum absolute atomic E-state index is 9.24. The monoisotopic (exact) mass is 338 g/mol. The third kappa shape index (κ3) is 3.02. The predicted octanol–water partition coefficient (Wildman–Crippen LogP) is 3.01. The third-order valence-corrected chi connectivity index (χ3v) is 5.38. The van der Waals surface area contributed by atoms with Crippen molar-refractivity contribution in [2.45, 2.75) is 38.3 Å². The lowest BCUT2D eigenvalue weighted by molar-refractivity contribution is 0.175. The van der Waals surface area contributed by atoms with Crippen LogP contribution in [0.25, 0.3) is 0 Å². The highest BCUT2D eigenvalue weighted by Crippen LogP contribution is 2.28. The summed E-state index contributed by atoms with van der Waals surface area (Å²) in [7, 11) is 0. The van der Waals surface area contributed by atoms with Crippen LogP contribution in [0.5, 0.6) is 0 Å². The van der Waals surface area contributed by atoms with Gasteiger partial charge in [-0.1, -0.05) is 28.4 Å². The van der Waals surface area contributed by atoms with Gasteiger partial charge in [0, 0.05) is 29.3 Å². The van der Waals surface area contributed by atoms with Gasteiger partial charge in [0.05, 0.1) is 6.61 Å². The molecule has 0 radical (unpaired) electrons. The highest BCUT2D eigenvalue weighted by atomic mass is 79.9. The van der Waals surface area contributed by atoms with Crippen LogP contribution in [0.3, 0.4) is 0 Å². The molecule has 0 aliphatic carbocycles. The molecular weight excluding hydrogens is 316 g/mol. The molecule has 1 atom stereocenters. The number of nitrogens with zero attached hydrogens (tertiary/aromatic N) is 2. The molecule has 2 aliphatic heterocycles. The van der Waals surface area contributed by atoms with Crippen LogP contribution in [-0.4, -0.2) is 42.2 Å². The minimum absolute atomic E-state index is 0.0945. The fourth-order valence-corrected chi connectivity index (χ4v) is 3.91. The largest absolute Gasteiger partial charge is 0.392 e. The van der Waals surface area contributed by atoms with Gasteiger partial charge in [-0.2, -0.15) is 0 Å². The first-order valence-electron chi connectivity index (χ1n) is 7.66. The number of benzene rings is 1. The van der Waals surface area contributed by atoms with Crippen molar-refractivity contribution in [2.24, 2.45) is 0 Å². The second kappa shape index (κ2) is 6.46. The minimum Gasteiger partial charge on any atom is -0.392 e. The summed E-state index contributed by atoms with van der Waals surface area (Å²) in [6.07, 6.45) is 5.42. The Kier molecular flexibility index (Phi) is 4.64. The number of hydrogen-bond donors (Lipinski definition) is 1. The van der Waals surface area contributed by atoms with Gasteiger partial charge in [-0.05, 0) is 50.0 Å². The molecule has 0 saturated carbocycles. The molecule has 1 aromatic rings. The Bertz CT molecular complexity index is 460. The molecule has 1 aromatic carbocycles. The quantitative estimate of drug-likeness (QED) is 0.917. The molecule has 2 heterocycles. The van der Waals surface area contributed by atoms with E-state index in [1.165, 1.54) is 44.5 Å². The normalized spacial score (nSPS) is 24.3. The van der Waals surface area contributed by atoms with Crippen LogP contribution >= 0.6 is 15.9 Å². The molecule has 110 valence electrons. The Morgan fingerprint density at radius 2 is 1.95 bits per heavy atom. The Hall–Kier alpha value is -0.580. The molecular formula is C16H23BrN2O. The van der Waals surface area contributed by atoms with Gasteiger partial charge in [0.15, 0.2) is 0 Å². The van der Waals surface area contributed by atoms with Gasteiger partial charge in [-0.3, -0.25) is 4.90 Å². The second-order valence-electron chi connectivity index (χ2n) is 5.92. The Morgan fingerprint density at radius 3 is 2.65 bits per heavy atom. The van der Waals surface area contributed by atoms with Crippen molar-refractivity contribution < 1.29 is 5.11 Å². The van der Waals surface area contributed by atoms with Crippen molar-refractivity contribution in [3.8, 4) is 0 Å². The number of aliphatic hydroxyl groups is 1. The average Bonchev–Trinajstić information content (AvgIpc) is 2.98. The van der Waals surface area contributed by atoms with Crippen molar-refractivity contribution >= 4 is 21.6 Å². The lowest BCUT2D eigenvalue weighted by Crippen LogP contribution is -2.40. The zero-order valence-corrected chi connectivity index (χ0v) is 13.5. The number of rotatable bonds is 3. The minimum atomic E-state index is 0.0945. The zero-order valence-electron chi connectivity index (χ0n) is 11.9. The predicted molar refractivity (Wildman–Crippen MR) is 86.1 cm³/mol. The van der Waals surface area contributed by atoms with Crippen LogP contribution in [0.1, 0.15) is 31.2 Å². The fraction of sp³-hybridized carbons (Fsp3) is 0.625. The van der Waals surface area contributed by atoms with E-state index in [2.05, 4.69) is 37.9 Å². The van der Waals surface area contributed by atoms with E-state index < -0.39 is 0 Å². The summed E-state index contributed by atoms with van der Waals surface area (Å²) in [4.78, 5) is 5.16.